The molecule has 0 aromatic heterocycles. The predicted octanol–water partition coefficient (Wildman–Crippen LogP) is 5.94. The summed E-state index contributed by atoms with van der Waals surface area (Å²) in [4.78, 5) is 15.2. The number of methoxy groups -OCH3 is 1. The van der Waals surface area contributed by atoms with Gasteiger partial charge in [-0.25, -0.2) is 0 Å². The van der Waals surface area contributed by atoms with E-state index in [2.05, 4.69) is 0 Å². The molecule has 0 aliphatic carbocycles. The van der Waals surface area contributed by atoms with Crippen LogP contribution >= 0.6 is 24.0 Å². The van der Waals surface area contributed by atoms with Gasteiger partial charge in [-0.2, -0.15) is 0 Å². The van der Waals surface area contributed by atoms with E-state index in [-0.39, 0.29) is 5.91 Å². The number of hydrogen-bond donors (Lipinski definition) is 0. The van der Waals surface area contributed by atoms with Crippen LogP contribution in [0.4, 0.5) is 0 Å². The molecule has 3 aromatic rings. The van der Waals surface area contributed by atoms with Gasteiger partial charge in [0.15, 0.2) is 11.5 Å². The first-order valence-corrected chi connectivity index (χ1v) is 12.1. The summed E-state index contributed by atoms with van der Waals surface area (Å²) in [5.74, 6) is 2.02. The first kappa shape index (κ1) is 23.9. The van der Waals surface area contributed by atoms with Crippen LogP contribution in [0.15, 0.2) is 83.8 Å². The fourth-order valence-electron chi connectivity index (χ4n) is 3.39. The van der Waals surface area contributed by atoms with Gasteiger partial charge >= 0.3 is 0 Å². The van der Waals surface area contributed by atoms with Gasteiger partial charge in [0.25, 0.3) is 5.91 Å². The Morgan fingerprint density at radius 1 is 0.912 bits per heavy atom. The first-order chi connectivity index (χ1) is 16.6. The van der Waals surface area contributed by atoms with E-state index >= 15 is 0 Å². The molecule has 0 bridgehead atoms. The SMILES string of the molecule is COc1cc(C=C2SC(=S)N(Cc3ccccc3)C2=O)ccc1OCCCOc1ccccc1. The van der Waals surface area contributed by atoms with Gasteiger partial charge in [0, 0.05) is 6.42 Å². The highest BCUT2D eigenvalue weighted by atomic mass is 32.2. The third kappa shape index (κ3) is 6.18. The minimum atomic E-state index is -0.0865. The Bertz CT molecular complexity index is 1170. The molecule has 0 saturated carbocycles. The molecule has 1 aliphatic heterocycles. The molecule has 0 radical (unpaired) electrons. The number of nitrogens with zero attached hydrogens (tertiary/aromatic N) is 1. The summed E-state index contributed by atoms with van der Waals surface area (Å²) in [6, 6.07) is 25.2. The van der Waals surface area contributed by atoms with Crippen molar-refractivity contribution in [2.24, 2.45) is 0 Å². The van der Waals surface area contributed by atoms with Crippen LogP contribution in [-0.2, 0) is 11.3 Å². The van der Waals surface area contributed by atoms with Gasteiger partial charge in [-0.3, -0.25) is 9.69 Å². The van der Waals surface area contributed by atoms with E-state index < -0.39 is 0 Å². The van der Waals surface area contributed by atoms with E-state index in [1.165, 1.54) is 11.8 Å². The molecule has 1 heterocycles. The van der Waals surface area contributed by atoms with Crippen molar-refractivity contribution < 1.29 is 19.0 Å². The van der Waals surface area contributed by atoms with E-state index in [1.54, 1.807) is 12.0 Å². The second kappa shape index (κ2) is 11.7. The molecule has 0 N–H and O–H groups in total. The number of rotatable bonds is 10. The topological polar surface area (TPSA) is 48.0 Å². The van der Waals surface area contributed by atoms with Gasteiger partial charge in [-0.1, -0.05) is 78.6 Å². The lowest BCUT2D eigenvalue weighted by molar-refractivity contribution is -0.122. The summed E-state index contributed by atoms with van der Waals surface area (Å²) in [7, 11) is 1.60. The third-order valence-corrected chi connectivity index (χ3v) is 6.48. The Labute approximate surface area is 209 Å². The molecule has 174 valence electrons. The quantitative estimate of drug-likeness (QED) is 0.199. The van der Waals surface area contributed by atoms with E-state index in [4.69, 9.17) is 26.4 Å². The van der Waals surface area contributed by atoms with Crippen LogP contribution in [0.2, 0.25) is 0 Å². The molecule has 0 spiro atoms. The van der Waals surface area contributed by atoms with E-state index in [0.717, 1.165) is 23.3 Å². The Kier molecular flexibility index (Phi) is 8.22. The number of carbonyl (C=O) groups excluding carboxylic acids is 1. The highest BCUT2D eigenvalue weighted by molar-refractivity contribution is 8.26. The highest BCUT2D eigenvalue weighted by Crippen LogP contribution is 2.35. The fraction of sp³-hybridized carbons (Fsp3) is 0.185. The first-order valence-electron chi connectivity index (χ1n) is 10.9. The van der Waals surface area contributed by atoms with Crippen molar-refractivity contribution in [2.45, 2.75) is 13.0 Å². The Morgan fingerprint density at radius 3 is 2.35 bits per heavy atom. The van der Waals surface area contributed by atoms with E-state index in [1.807, 2.05) is 84.9 Å². The number of benzene rings is 3. The molecule has 34 heavy (non-hydrogen) atoms. The molecule has 3 aromatic carbocycles. The standard InChI is InChI=1S/C27H25NO4S2/c1-30-24-17-21(13-14-23(24)32-16-8-15-31-22-11-6-3-7-12-22)18-25-26(29)28(27(33)34-25)19-20-9-4-2-5-10-20/h2-7,9-14,17-18H,8,15-16,19H2,1H3. The molecule has 0 atom stereocenters. The third-order valence-electron chi connectivity index (χ3n) is 5.10. The van der Waals surface area contributed by atoms with Gasteiger partial charge in [0.05, 0.1) is 31.8 Å². The molecule has 1 saturated heterocycles. The lowest BCUT2D eigenvalue weighted by Crippen LogP contribution is -2.27. The number of carbonyl (C=O) groups is 1. The monoisotopic (exact) mass is 491 g/mol. The summed E-state index contributed by atoms with van der Waals surface area (Å²) < 4.78 is 17.6. The molecule has 1 amide bonds. The maximum atomic E-state index is 12.9. The number of hydrogen-bond acceptors (Lipinski definition) is 6. The van der Waals surface area contributed by atoms with Crippen molar-refractivity contribution >= 4 is 40.3 Å². The smallest absolute Gasteiger partial charge is 0.266 e. The van der Waals surface area contributed by atoms with Gasteiger partial charge < -0.3 is 14.2 Å². The predicted molar refractivity (Wildman–Crippen MR) is 140 cm³/mol. The van der Waals surface area contributed by atoms with Crippen molar-refractivity contribution in [3.05, 3.63) is 94.9 Å². The van der Waals surface area contributed by atoms with Crippen molar-refractivity contribution in [3.63, 3.8) is 0 Å². The van der Waals surface area contributed by atoms with Crippen LogP contribution in [-0.4, -0.2) is 35.5 Å². The average Bonchev–Trinajstić information content (AvgIpc) is 3.13. The summed E-state index contributed by atoms with van der Waals surface area (Å²) in [6.45, 7) is 1.53. The number of amides is 1. The second-order valence-electron chi connectivity index (χ2n) is 7.53. The summed E-state index contributed by atoms with van der Waals surface area (Å²) in [5, 5.41) is 0. The maximum absolute atomic E-state index is 12.9. The molecule has 4 rings (SSSR count). The lowest BCUT2D eigenvalue weighted by Gasteiger charge is -2.14. The zero-order valence-electron chi connectivity index (χ0n) is 18.8. The van der Waals surface area contributed by atoms with Crippen molar-refractivity contribution in [1.29, 1.82) is 0 Å². The molecular formula is C27H25NO4S2. The molecule has 7 heteroatoms. The van der Waals surface area contributed by atoms with E-state index in [0.29, 0.717) is 40.5 Å². The molecule has 1 fully saturated rings. The largest absolute Gasteiger partial charge is 0.493 e. The van der Waals surface area contributed by atoms with Crippen LogP contribution in [0, 0.1) is 0 Å². The second-order valence-corrected chi connectivity index (χ2v) is 9.20. The number of ether oxygens (including phenoxy) is 3. The van der Waals surface area contributed by atoms with Crippen molar-refractivity contribution in [1.82, 2.24) is 4.90 Å². The normalized spacial score (nSPS) is 14.5. The minimum absolute atomic E-state index is 0.0865. The minimum Gasteiger partial charge on any atom is -0.493 e. The molecular weight excluding hydrogens is 466 g/mol. The average molecular weight is 492 g/mol. The summed E-state index contributed by atoms with van der Waals surface area (Å²) in [5.41, 5.74) is 1.88. The zero-order valence-corrected chi connectivity index (χ0v) is 20.4. The van der Waals surface area contributed by atoms with Crippen LogP contribution in [0.1, 0.15) is 17.5 Å². The van der Waals surface area contributed by atoms with Crippen LogP contribution in [0.3, 0.4) is 0 Å². The number of thioether (sulfide) groups is 1. The van der Waals surface area contributed by atoms with Crippen molar-refractivity contribution in [2.75, 3.05) is 20.3 Å². The lowest BCUT2D eigenvalue weighted by atomic mass is 10.1. The van der Waals surface area contributed by atoms with Crippen LogP contribution in [0.25, 0.3) is 6.08 Å². The molecule has 1 aliphatic rings. The molecule has 0 unspecified atom stereocenters. The van der Waals surface area contributed by atoms with Gasteiger partial charge in [-0.05, 0) is 41.5 Å². The van der Waals surface area contributed by atoms with E-state index in [9.17, 15) is 4.79 Å². The summed E-state index contributed by atoms with van der Waals surface area (Å²) >= 11 is 6.77. The Morgan fingerprint density at radius 2 is 1.62 bits per heavy atom. The van der Waals surface area contributed by atoms with Crippen LogP contribution in [0.5, 0.6) is 17.2 Å². The maximum Gasteiger partial charge on any atom is 0.266 e. The Balaban J connectivity index is 1.35. The fourth-order valence-corrected chi connectivity index (χ4v) is 4.65. The van der Waals surface area contributed by atoms with Crippen molar-refractivity contribution in [3.8, 4) is 17.2 Å². The zero-order chi connectivity index (χ0) is 23.8. The number of thiocarbonyl (C=S) groups is 1. The number of para-hydroxylation sites is 1. The summed E-state index contributed by atoms with van der Waals surface area (Å²) in [6.07, 6.45) is 2.58. The highest BCUT2D eigenvalue weighted by Gasteiger charge is 2.32. The van der Waals surface area contributed by atoms with Gasteiger partial charge in [-0.15, -0.1) is 0 Å². The van der Waals surface area contributed by atoms with Gasteiger partial charge in [0.1, 0.15) is 10.1 Å². The molecule has 5 nitrogen and oxygen atoms in total. The van der Waals surface area contributed by atoms with Crippen LogP contribution < -0.4 is 14.2 Å². The van der Waals surface area contributed by atoms with Gasteiger partial charge in [0.2, 0.25) is 0 Å². The Hall–Kier alpha value is -3.29.